The Morgan fingerprint density at radius 3 is 2.86 bits per heavy atom. The van der Waals surface area contributed by atoms with Gasteiger partial charge in [0.25, 0.3) is 0 Å². The van der Waals surface area contributed by atoms with Crippen LogP contribution in [0, 0.1) is 0 Å². The van der Waals surface area contributed by atoms with Crippen LogP contribution in [0.15, 0.2) is 36.7 Å². The van der Waals surface area contributed by atoms with Crippen LogP contribution < -0.4 is 15.1 Å². The Morgan fingerprint density at radius 2 is 2.03 bits per heavy atom. The zero-order valence-corrected chi connectivity index (χ0v) is 20.0. The maximum atomic E-state index is 5.71. The third-order valence-electron chi connectivity index (χ3n) is 6.60. The number of hydrogen-bond acceptors (Lipinski definition) is 9. The molecule has 0 bridgehead atoms. The first-order valence-corrected chi connectivity index (χ1v) is 12.2. The largest absolute Gasteiger partial charge is 0.377 e. The molecule has 0 spiro atoms. The molecule has 35 heavy (non-hydrogen) atoms. The first-order valence-electron chi connectivity index (χ1n) is 12.2. The Morgan fingerprint density at radius 1 is 1.14 bits per heavy atom. The molecule has 2 aliphatic rings. The van der Waals surface area contributed by atoms with E-state index >= 15 is 0 Å². The summed E-state index contributed by atoms with van der Waals surface area (Å²) in [5, 5.41) is 3.24. The van der Waals surface area contributed by atoms with Crippen molar-refractivity contribution in [3.8, 4) is 11.4 Å². The fraction of sp³-hybridized carbons (Fsp3) is 0.400. The summed E-state index contributed by atoms with van der Waals surface area (Å²) in [5.41, 5.74) is 5.08. The number of H-pyrrole nitrogens is 1. The van der Waals surface area contributed by atoms with E-state index in [1.54, 1.807) is 12.4 Å². The molecule has 6 rings (SSSR count). The van der Waals surface area contributed by atoms with Gasteiger partial charge in [-0.3, -0.25) is 0 Å². The van der Waals surface area contributed by atoms with Gasteiger partial charge >= 0.3 is 0 Å². The van der Waals surface area contributed by atoms with Gasteiger partial charge in [0.1, 0.15) is 5.82 Å². The molecule has 1 fully saturated rings. The summed E-state index contributed by atoms with van der Waals surface area (Å²) in [5.74, 6) is 3.24. The molecule has 0 amide bonds. The first kappa shape index (κ1) is 21.7. The monoisotopic (exact) mass is 471 g/mol. The average molecular weight is 472 g/mol. The maximum absolute atomic E-state index is 5.71. The van der Waals surface area contributed by atoms with Crippen LogP contribution in [0.3, 0.4) is 0 Å². The number of benzene rings is 1. The number of nitrogens with zero attached hydrogens (tertiary/aromatic N) is 7. The van der Waals surface area contributed by atoms with Crippen molar-refractivity contribution in [1.29, 1.82) is 0 Å². The molecule has 3 aromatic heterocycles. The van der Waals surface area contributed by atoms with Crippen molar-refractivity contribution in [2.45, 2.75) is 32.9 Å². The van der Waals surface area contributed by atoms with E-state index in [0.717, 1.165) is 71.9 Å². The van der Waals surface area contributed by atoms with Gasteiger partial charge in [-0.25, -0.2) is 24.9 Å². The van der Waals surface area contributed by atoms with Gasteiger partial charge in [0.2, 0.25) is 11.9 Å². The van der Waals surface area contributed by atoms with Crippen LogP contribution in [-0.4, -0.2) is 68.8 Å². The summed E-state index contributed by atoms with van der Waals surface area (Å²) >= 11 is 0. The molecule has 4 aromatic rings. The Bertz CT molecular complexity index is 1340. The van der Waals surface area contributed by atoms with E-state index in [9.17, 15) is 0 Å². The Balaban J connectivity index is 1.43. The van der Waals surface area contributed by atoms with Crippen molar-refractivity contribution < 1.29 is 4.74 Å². The number of aromatic amines is 1. The Kier molecular flexibility index (Phi) is 5.65. The highest BCUT2D eigenvalue weighted by atomic mass is 16.5. The van der Waals surface area contributed by atoms with E-state index in [2.05, 4.69) is 55.0 Å². The molecule has 0 saturated carbocycles. The molecule has 1 atom stereocenters. The van der Waals surface area contributed by atoms with E-state index in [4.69, 9.17) is 14.7 Å². The van der Waals surface area contributed by atoms with E-state index < -0.39 is 0 Å². The molecule has 0 unspecified atom stereocenters. The molecular formula is C25H29N9O. The van der Waals surface area contributed by atoms with Gasteiger partial charge in [-0.2, -0.15) is 0 Å². The third-order valence-corrected chi connectivity index (χ3v) is 6.60. The zero-order chi connectivity index (χ0) is 23.8. The Hall–Kier alpha value is -3.79. The van der Waals surface area contributed by atoms with Gasteiger partial charge in [-0.15, -0.1) is 0 Å². The molecule has 2 aliphatic heterocycles. The fourth-order valence-corrected chi connectivity index (χ4v) is 4.84. The number of morpholine rings is 1. The lowest BCUT2D eigenvalue weighted by atomic mass is 10.0. The third kappa shape index (κ3) is 4.14. The van der Waals surface area contributed by atoms with Crippen LogP contribution in [0.5, 0.6) is 0 Å². The first-order chi connectivity index (χ1) is 17.2. The molecule has 1 saturated heterocycles. The van der Waals surface area contributed by atoms with E-state index in [1.165, 1.54) is 5.56 Å². The molecule has 2 N–H and O–H groups in total. The smallest absolute Gasteiger partial charge is 0.225 e. The molecule has 180 valence electrons. The predicted molar refractivity (Wildman–Crippen MR) is 136 cm³/mol. The molecule has 0 radical (unpaired) electrons. The average Bonchev–Trinajstić information content (AvgIpc) is 3.30. The second-order valence-corrected chi connectivity index (χ2v) is 8.98. The van der Waals surface area contributed by atoms with Crippen LogP contribution in [0.2, 0.25) is 0 Å². The summed E-state index contributed by atoms with van der Waals surface area (Å²) in [4.78, 5) is 31.6. The van der Waals surface area contributed by atoms with Crippen LogP contribution in [-0.2, 0) is 17.7 Å². The minimum Gasteiger partial charge on any atom is -0.377 e. The van der Waals surface area contributed by atoms with Crippen molar-refractivity contribution in [3.63, 3.8) is 0 Å². The van der Waals surface area contributed by atoms with Crippen molar-refractivity contribution in [1.82, 2.24) is 29.9 Å². The van der Waals surface area contributed by atoms with E-state index in [0.29, 0.717) is 19.8 Å². The van der Waals surface area contributed by atoms with Crippen LogP contribution >= 0.6 is 0 Å². The lowest BCUT2D eigenvalue weighted by Gasteiger charge is -2.37. The van der Waals surface area contributed by atoms with Crippen molar-refractivity contribution in [3.05, 3.63) is 47.9 Å². The number of rotatable bonds is 5. The van der Waals surface area contributed by atoms with Gasteiger partial charge in [0.05, 0.1) is 42.5 Å². The molecular weight excluding hydrogens is 442 g/mol. The predicted octanol–water partition coefficient (Wildman–Crippen LogP) is 3.03. The molecule has 0 aliphatic carbocycles. The molecule has 10 heteroatoms. The van der Waals surface area contributed by atoms with Crippen LogP contribution in [0.1, 0.15) is 25.1 Å². The fourth-order valence-electron chi connectivity index (χ4n) is 4.84. The van der Waals surface area contributed by atoms with Gasteiger partial charge in [0.15, 0.2) is 5.82 Å². The van der Waals surface area contributed by atoms with Crippen LogP contribution in [0.4, 0.5) is 17.7 Å². The van der Waals surface area contributed by atoms with Gasteiger partial charge in [-0.05, 0) is 44.5 Å². The number of nitrogens with one attached hydrogen (secondary N) is 2. The van der Waals surface area contributed by atoms with E-state index in [1.807, 2.05) is 18.2 Å². The number of fused-ring (bicyclic) bond motifs is 2. The highest BCUT2D eigenvalue weighted by molar-refractivity contribution is 5.82. The zero-order valence-electron chi connectivity index (χ0n) is 20.0. The standard InChI is InChI=1S/C25H29N9O/c1-3-26-24-30-19-6-5-17(13-20(19)31-24)22-29-21-14-33(25-27-8-4-9-28-25)10-7-18(21)23(32-22)34-11-12-35-15-16(34)2/h4-6,8-9,13,16H,3,7,10-12,14-15H2,1-2H3,(H2,26,30,31)/t16-/m0/s1. The Labute approximate surface area is 203 Å². The molecule has 5 heterocycles. The number of ether oxygens (including phenoxy) is 1. The number of imidazole rings is 1. The van der Waals surface area contributed by atoms with Gasteiger partial charge in [0, 0.05) is 43.2 Å². The van der Waals surface area contributed by atoms with Crippen LogP contribution in [0.25, 0.3) is 22.4 Å². The lowest BCUT2D eigenvalue weighted by Crippen LogP contribution is -2.45. The second-order valence-electron chi connectivity index (χ2n) is 8.98. The lowest BCUT2D eigenvalue weighted by molar-refractivity contribution is 0.0984. The van der Waals surface area contributed by atoms with E-state index in [-0.39, 0.29) is 6.04 Å². The quantitative estimate of drug-likeness (QED) is 0.454. The summed E-state index contributed by atoms with van der Waals surface area (Å²) in [6, 6.07) is 8.24. The topological polar surface area (TPSA) is 108 Å². The summed E-state index contributed by atoms with van der Waals surface area (Å²) in [6.45, 7) is 8.76. The summed E-state index contributed by atoms with van der Waals surface area (Å²) in [6.07, 6.45) is 4.41. The number of hydrogen-bond donors (Lipinski definition) is 2. The van der Waals surface area contributed by atoms with Gasteiger partial charge in [-0.1, -0.05) is 0 Å². The maximum Gasteiger partial charge on any atom is 0.225 e. The number of aromatic nitrogens is 6. The molecule has 10 nitrogen and oxygen atoms in total. The summed E-state index contributed by atoms with van der Waals surface area (Å²) < 4.78 is 5.71. The van der Waals surface area contributed by atoms with Crippen molar-refractivity contribution in [2.75, 3.05) is 48.0 Å². The summed E-state index contributed by atoms with van der Waals surface area (Å²) in [7, 11) is 0. The highest BCUT2D eigenvalue weighted by Crippen LogP contribution is 2.33. The SMILES string of the molecule is CCNc1nc2ccc(-c3nc4c(c(N5CCOC[C@@H]5C)n3)CCN(c3ncccn3)C4)cc2[nH]1. The van der Waals surface area contributed by atoms with Crippen molar-refractivity contribution in [2.24, 2.45) is 0 Å². The van der Waals surface area contributed by atoms with Gasteiger partial charge < -0.3 is 24.8 Å². The minimum absolute atomic E-state index is 0.254. The normalized spacial score (nSPS) is 18.1. The molecule has 1 aromatic carbocycles. The van der Waals surface area contributed by atoms with Crippen molar-refractivity contribution >= 4 is 28.7 Å². The number of anilines is 3. The minimum atomic E-state index is 0.254. The second kappa shape index (κ2) is 9.10. The highest BCUT2D eigenvalue weighted by Gasteiger charge is 2.29.